The van der Waals surface area contributed by atoms with E-state index in [9.17, 15) is 14.7 Å². The molecule has 0 radical (unpaired) electrons. The van der Waals surface area contributed by atoms with Crippen LogP contribution in [0.5, 0.6) is 11.5 Å². The third-order valence-corrected chi connectivity index (χ3v) is 5.56. The maximum absolute atomic E-state index is 13.1. The van der Waals surface area contributed by atoms with Gasteiger partial charge < -0.3 is 19.5 Å². The van der Waals surface area contributed by atoms with E-state index in [2.05, 4.69) is 0 Å². The van der Waals surface area contributed by atoms with Gasteiger partial charge in [0.25, 0.3) is 11.7 Å². The summed E-state index contributed by atoms with van der Waals surface area (Å²) in [4.78, 5) is 27.5. The first-order valence-corrected chi connectivity index (χ1v) is 11.7. The van der Waals surface area contributed by atoms with E-state index >= 15 is 0 Å². The lowest BCUT2D eigenvalue weighted by Crippen LogP contribution is -2.30. The zero-order valence-corrected chi connectivity index (χ0v) is 19.9. The van der Waals surface area contributed by atoms with E-state index in [1.54, 1.807) is 23.1 Å². The Bertz CT molecular complexity index is 1040. The minimum atomic E-state index is -0.675. The van der Waals surface area contributed by atoms with E-state index < -0.39 is 17.7 Å². The van der Waals surface area contributed by atoms with Gasteiger partial charge in [-0.15, -0.1) is 0 Å². The number of carbonyl (C=O) groups is 2. The van der Waals surface area contributed by atoms with Gasteiger partial charge in [-0.25, -0.2) is 0 Å². The smallest absolute Gasteiger partial charge is 0.295 e. The van der Waals surface area contributed by atoms with Gasteiger partial charge in [-0.3, -0.25) is 9.59 Å². The highest BCUT2D eigenvalue weighted by atomic mass is 16.5. The molecule has 1 saturated heterocycles. The number of ether oxygens (including phenoxy) is 2. The number of rotatable bonds is 10. The highest BCUT2D eigenvalue weighted by Crippen LogP contribution is 2.40. The van der Waals surface area contributed by atoms with Crippen LogP contribution in [-0.4, -0.2) is 41.5 Å². The number of aliphatic hydroxyl groups is 1. The summed E-state index contributed by atoms with van der Waals surface area (Å²) in [6.45, 7) is 9.50. The van der Waals surface area contributed by atoms with Crippen molar-refractivity contribution in [2.75, 3.05) is 19.8 Å². The number of aryl methyl sites for hydroxylation is 1. The molecule has 1 unspecified atom stereocenters. The zero-order valence-electron chi connectivity index (χ0n) is 19.9. The number of amides is 1. The van der Waals surface area contributed by atoms with Crippen molar-refractivity contribution in [2.45, 2.75) is 53.0 Å². The molecule has 2 aromatic carbocycles. The van der Waals surface area contributed by atoms with Crippen molar-refractivity contribution in [3.8, 4) is 11.5 Å². The third kappa shape index (κ3) is 5.21. The number of Topliss-reactive ketones (excluding diaryl/α,β-unsaturated/α-hetero) is 1. The minimum Gasteiger partial charge on any atom is -0.507 e. The van der Waals surface area contributed by atoms with Crippen molar-refractivity contribution in [2.24, 2.45) is 0 Å². The second-order valence-corrected chi connectivity index (χ2v) is 8.24. The van der Waals surface area contributed by atoms with E-state index in [1.807, 2.05) is 52.0 Å². The van der Waals surface area contributed by atoms with Gasteiger partial charge in [0.1, 0.15) is 17.3 Å². The van der Waals surface area contributed by atoms with Gasteiger partial charge in [-0.05, 0) is 67.6 Å². The summed E-state index contributed by atoms with van der Waals surface area (Å²) in [6.07, 6.45) is 2.46. The molecule has 1 fully saturated rings. The van der Waals surface area contributed by atoms with Crippen molar-refractivity contribution in [1.29, 1.82) is 0 Å². The first kappa shape index (κ1) is 24.4. The summed E-state index contributed by atoms with van der Waals surface area (Å²) < 4.78 is 11.5. The Labute approximate surface area is 195 Å². The lowest BCUT2D eigenvalue weighted by Gasteiger charge is -2.25. The molecule has 1 aliphatic heterocycles. The normalized spacial score (nSPS) is 17.5. The molecule has 0 spiro atoms. The van der Waals surface area contributed by atoms with Gasteiger partial charge in [0.2, 0.25) is 0 Å². The molecule has 1 N–H and O–H groups in total. The van der Waals surface area contributed by atoms with Gasteiger partial charge in [0.05, 0.1) is 24.8 Å². The van der Waals surface area contributed by atoms with Crippen LogP contribution < -0.4 is 9.47 Å². The maximum Gasteiger partial charge on any atom is 0.295 e. The Morgan fingerprint density at radius 3 is 2.36 bits per heavy atom. The largest absolute Gasteiger partial charge is 0.507 e. The summed E-state index contributed by atoms with van der Waals surface area (Å²) >= 11 is 0. The highest BCUT2D eigenvalue weighted by molar-refractivity contribution is 6.46. The van der Waals surface area contributed by atoms with E-state index in [0.29, 0.717) is 37.5 Å². The Morgan fingerprint density at radius 1 is 0.970 bits per heavy atom. The van der Waals surface area contributed by atoms with Crippen LogP contribution in [0, 0.1) is 6.92 Å². The van der Waals surface area contributed by atoms with Crippen LogP contribution >= 0.6 is 0 Å². The predicted molar refractivity (Wildman–Crippen MR) is 128 cm³/mol. The van der Waals surface area contributed by atoms with Crippen LogP contribution in [0.2, 0.25) is 0 Å². The Morgan fingerprint density at radius 2 is 1.70 bits per heavy atom. The molecule has 1 atom stereocenters. The van der Waals surface area contributed by atoms with Crippen molar-refractivity contribution in [1.82, 2.24) is 4.90 Å². The number of ketones is 1. The molecule has 1 aliphatic rings. The molecular weight excluding hydrogens is 418 g/mol. The Balaban J connectivity index is 2.09. The summed E-state index contributed by atoms with van der Waals surface area (Å²) in [6, 6.07) is 12.0. The molecule has 0 aliphatic carbocycles. The number of hydrogen-bond donors (Lipinski definition) is 1. The van der Waals surface area contributed by atoms with Gasteiger partial charge in [0, 0.05) is 12.1 Å². The second kappa shape index (κ2) is 11.0. The molecule has 6 nitrogen and oxygen atoms in total. The maximum atomic E-state index is 13.1. The van der Waals surface area contributed by atoms with E-state index in [-0.39, 0.29) is 11.3 Å². The van der Waals surface area contributed by atoms with Crippen LogP contribution in [0.1, 0.15) is 62.8 Å². The summed E-state index contributed by atoms with van der Waals surface area (Å²) in [7, 11) is 0. The summed E-state index contributed by atoms with van der Waals surface area (Å²) in [5, 5.41) is 11.2. The van der Waals surface area contributed by atoms with Gasteiger partial charge in [-0.1, -0.05) is 32.9 Å². The first-order valence-electron chi connectivity index (χ1n) is 11.7. The monoisotopic (exact) mass is 451 g/mol. The van der Waals surface area contributed by atoms with Crippen LogP contribution in [0.15, 0.2) is 48.0 Å². The topological polar surface area (TPSA) is 76.1 Å². The molecule has 1 heterocycles. The fourth-order valence-corrected chi connectivity index (χ4v) is 4.02. The lowest BCUT2D eigenvalue weighted by molar-refractivity contribution is -0.139. The van der Waals surface area contributed by atoms with Crippen LogP contribution in [0.25, 0.3) is 5.76 Å². The highest BCUT2D eigenvalue weighted by Gasteiger charge is 2.45. The average Bonchev–Trinajstić information content (AvgIpc) is 3.07. The number of hydrogen-bond acceptors (Lipinski definition) is 5. The molecule has 0 saturated carbocycles. The third-order valence-electron chi connectivity index (χ3n) is 5.56. The van der Waals surface area contributed by atoms with E-state index in [4.69, 9.17) is 9.47 Å². The average molecular weight is 452 g/mol. The fourth-order valence-electron chi connectivity index (χ4n) is 4.02. The van der Waals surface area contributed by atoms with Crippen molar-refractivity contribution in [3.05, 3.63) is 64.7 Å². The van der Waals surface area contributed by atoms with Crippen molar-refractivity contribution >= 4 is 17.4 Å². The Kier molecular flexibility index (Phi) is 8.15. The molecular formula is C27H33NO5. The van der Waals surface area contributed by atoms with E-state index in [0.717, 1.165) is 29.7 Å². The molecule has 0 aromatic heterocycles. The van der Waals surface area contributed by atoms with Gasteiger partial charge in [-0.2, -0.15) is 0 Å². The van der Waals surface area contributed by atoms with Crippen LogP contribution in [0.4, 0.5) is 0 Å². The SMILES string of the molecule is CCCOc1cccc(C2/C(=C(\O)c3ccc(OCCC)c(C)c3)C(=O)C(=O)N2CCC)c1. The molecule has 176 valence electrons. The minimum absolute atomic E-state index is 0.0997. The van der Waals surface area contributed by atoms with Gasteiger partial charge in [0.15, 0.2) is 0 Å². The quantitative estimate of drug-likeness (QED) is 0.297. The second-order valence-electron chi connectivity index (χ2n) is 8.24. The molecule has 3 rings (SSSR count). The number of likely N-dealkylation sites (tertiary alicyclic amines) is 1. The fraction of sp³-hybridized carbons (Fsp3) is 0.407. The zero-order chi connectivity index (χ0) is 24.0. The lowest BCUT2D eigenvalue weighted by atomic mass is 9.94. The predicted octanol–water partition coefficient (Wildman–Crippen LogP) is 5.40. The van der Waals surface area contributed by atoms with E-state index in [1.165, 1.54) is 0 Å². The van der Waals surface area contributed by atoms with Gasteiger partial charge >= 0.3 is 0 Å². The number of aliphatic hydroxyl groups excluding tert-OH is 1. The molecule has 1 amide bonds. The number of carbonyl (C=O) groups excluding carboxylic acids is 2. The first-order chi connectivity index (χ1) is 15.9. The number of benzene rings is 2. The van der Waals surface area contributed by atoms with Crippen molar-refractivity contribution < 1.29 is 24.2 Å². The Hall–Kier alpha value is -3.28. The summed E-state index contributed by atoms with van der Waals surface area (Å²) in [5.41, 5.74) is 2.16. The number of nitrogens with zero attached hydrogens (tertiary/aromatic N) is 1. The summed E-state index contributed by atoms with van der Waals surface area (Å²) in [5.74, 6) is -0.0402. The molecule has 0 bridgehead atoms. The molecule has 33 heavy (non-hydrogen) atoms. The van der Waals surface area contributed by atoms with Crippen LogP contribution in [-0.2, 0) is 9.59 Å². The van der Waals surface area contributed by atoms with Crippen LogP contribution in [0.3, 0.4) is 0 Å². The molecule has 6 heteroatoms. The van der Waals surface area contributed by atoms with Crippen molar-refractivity contribution in [3.63, 3.8) is 0 Å². The standard InChI is InChI=1S/C27H33NO5/c1-5-13-28-24(19-9-8-10-21(17-19)32-14-6-2)23(26(30)27(28)31)25(29)20-11-12-22(18(4)16-20)33-15-7-3/h8-12,16-17,24,29H,5-7,13-15H2,1-4H3/b25-23+. The molecule has 2 aromatic rings.